The number of amidine groups is 1. The summed E-state index contributed by atoms with van der Waals surface area (Å²) >= 11 is 0. The number of benzene rings is 2. The predicted molar refractivity (Wildman–Crippen MR) is 108 cm³/mol. The van der Waals surface area contributed by atoms with E-state index >= 15 is 0 Å². The van der Waals surface area contributed by atoms with Crippen molar-refractivity contribution in [3.8, 4) is 0 Å². The van der Waals surface area contributed by atoms with E-state index in [1.165, 1.54) is 11.1 Å². The third kappa shape index (κ3) is 3.94. The van der Waals surface area contributed by atoms with Crippen LogP contribution in [0, 0.1) is 5.92 Å². The largest absolute Gasteiger partial charge is 0.367 e. The van der Waals surface area contributed by atoms with Gasteiger partial charge in [0.25, 0.3) is 0 Å². The van der Waals surface area contributed by atoms with Crippen LogP contribution < -0.4 is 10.6 Å². The fourth-order valence-corrected chi connectivity index (χ4v) is 3.71. The van der Waals surface area contributed by atoms with Crippen LogP contribution in [0.25, 0.3) is 0 Å². The molecule has 2 aromatic carbocycles. The molecule has 0 amide bonds. The Balaban J connectivity index is 1.45. The molecule has 0 fully saturated rings. The molecule has 1 unspecified atom stereocenters. The minimum Gasteiger partial charge on any atom is -0.367 e. The molecule has 2 aliphatic rings. The SMILES string of the molecule is C1=CCC([C@@H]2NC(CNCc3ccccc3)=N[C@@H]2c2ccccc2)C=C1. The smallest absolute Gasteiger partial charge is 0.111 e. The number of hydrogen-bond acceptors (Lipinski definition) is 3. The molecular weight excluding hydrogens is 318 g/mol. The summed E-state index contributed by atoms with van der Waals surface area (Å²) < 4.78 is 0. The minimum atomic E-state index is 0.172. The third-order valence-corrected chi connectivity index (χ3v) is 5.05. The van der Waals surface area contributed by atoms with E-state index in [9.17, 15) is 0 Å². The summed E-state index contributed by atoms with van der Waals surface area (Å²) in [5.74, 6) is 1.53. The molecular formula is C23H25N3. The number of aliphatic imine (C=N–C) groups is 1. The lowest BCUT2D eigenvalue weighted by molar-refractivity contribution is 0.424. The Morgan fingerprint density at radius 2 is 1.69 bits per heavy atom. The van der Waals surface area contributed by atoms with Gasteiger partial charge in [0.05, 0.1) is 18.6 Å². The molecule has 1 aliphatic heterocycles. The molecule has 0 saturated heterocycles. The van der Waals surface area contributed by atoms with Gasteiger partial charge in [-0.3, -0.25) is 4.99 Å². The Bertz CT molecular complexity index is 793. The van der Waals surface area contributed by atoms with Crippen molar-refractivity contribution < 1.29 is 0 Å². The van der Waals surface area contributed by atoms with Gasteiger partial charge in [-0.2, -0.15) is 0 Å². The van der Waals surface area contributed by atoms with Crippen LogP contribution in [0.3, 0.4) is 0 Å². The second-order valence-corrected chi connectivity index (χ2v) is 6.90. The lowest BCUT2D eigenvalue weighted by Crippen LogP contribution is -2.40. The molecule has 3 heteroatoms. The summed E-state index contributed by atoms with van der Waals surface area (Å²) in [4.78, 5) is 5.03. The van der Waals surface area contributed by atoms with E-state index in [0.717, 1.165) is 25.3 Å². The van der Waals surface area contributed by atoms with Gasteiger partial charge >= 0.3 is 0 Å². The van der Waals surface area contributed by atoms with E-state index in [4.69, 9.17) is 4.99 Å². The molecule has 1 aliphatic carbocycles. The highest BCUT2D eigenvalue weighted by molar-refractivity contribution is 5.86. The van der Waals surface area contributed by atoms with Crippen molar-refractivity contribution in [1.29, 1.82) is 0 Å². The maximum absolute atomic E-state index is 5.03. The van der Waals surface area contributed by atoms with Gasteiger partial charge in [-0.1, -0.05) is 85.0 Å². The van der Waals surface area contributed by atoms with Crippen LogP contribution in [0.4, 0.5) is 0 Å². The van der Waals surface area contributed by atoms with Crippen molar-refractivity contribution in [1.82, 2.24) is 10.6 Å². The lowest BCUT2D eigenvalue weighted by Gasteiger charge is -2.26. The highest BCUT2D eigenvalue weighted by atomic mass is 15.2. The summed E-state index contributed by atoms with van der Waals surface area (Å²) in [7, 11) is 0. The maximum atomic E-state index is 5.03. The molecule has 1 heterocycles. The van der Waals surface area contributed by atoms with E-state index in [1.54, 1.807) is 0 Å². The molecule has 0 radical (unpaired) electrons. The fraction of sp³-hybridized carbons (Fsp3) is 0.261. The highest BCUT2D eigenvalue weighted by Crippen LogP contribution is 2.32. The summed E-state index contributed by atoms with van der Waals surface area (Å²) in [6.07, 6.45) is 9.91. The first-order valence-electron chi connectivity index (χ1n) is 9.36. The molecule has 4 rings (SSSR count). The van der Waals surface area contributed by atoms with Gasteiger partial charge in [-0.05, 0) is 17.5 Å². The molecule has 0 spiro atoms. The summed E-state index contributed by atoms with van der Waals surface area (Å²) in [6.45, 7) is 1.62. The van der Waals surface area contributed by atoms with Crippen LogP contribution in [0.1, 0.15) is 23.6 Å². The second kappa shape index (κ2) is 8.15. The third-order valence-electron chi connectivity index (χ3n) is 5.05. The Hall–Kier alpha value is -2.65. The Labute approximate surface area is 155 Å². The van der Waals surface area contributed by atoms with Crippen LogP contribution in [-0.2, 0) is 6.54 Å². The predicted octanol–water partition coefficient (Wildman–Crippen LogP) is 4.02. The van der Waals surface area contributed by atoms with Crippen LogP contribution in [0.5, 0.6) is 0 Å². The van der Waals surface area contributed by atoms with E-state index < -0.39 is 0 Å². The topological polar surface area (TPSA) is 36.4 Å². The van der Waals surface area contributed by atoms with Gasteiger partial charge in [-0.15, -0.1) is 0 Å². The van der Waals surface area contributed by atoms with E-state index in [2.05, 4.69) is 89.5 Å². The number of nitrogens with zero attached hydrogens (tertiary/aromatic N) is 1. The monoisotopic (exact) mass is 343 g/mol. The molecule has 3 atom stereocenters. The molecule has 2 N–H and O–H groups in total. The highest BCUT2D eigenvalue weighted by Gasteiger charge is 2.34. The molecule has 26 heavy (non-hydrogen) atoms. The van der Waals surface area contributed by atoms with Gasteiger partial charge < -0.3 is 10.6 Å². The van der Waals surface area contributed by atoms with Crippen LogP contribution in [0.15, 0.2) is 90.0 Å². The minimum absolute atomic E-state index is 0.172. The number of hydrogen-bond donors (Lipinski definition) is 2. The van der Waals surface area contributed by atoms with E-state index in [0.29, 0.717) is 12.0 Å². The van der Waals surface area contributed by atoms with Crippen molar-refractivity contribution >= 4 is 5.84 Å². The lowest BCUT2D eigenvalue weighted by atomic mass is 9.86. The first-order valence-corrected chi connectivity index (χ1v) is 9.36. The molecule has 0 bridgehead atoms. The summed E-state index contributed by atoms with van der Waals surface area (Å²) in [5, 5.41) is 7.21. The zero-order valence-corrected chi connectivity index (χ0v) is 14.9. The van der Waals surface area contributed by atoms with Gasteiger partial charge in [0.2, 0.25) is 0 Å². The fourth-order valence-electron chi connectivity index (χ4n) is 3.71. The average Bonchev–Trinajstić information content (AvgIpc) is 3.14. The Morgan fingerprint density at radius 1 is 0.923 bits per heavy atom. The van der Waals surface area contributed by atoms with Crippen LogP contribution in [-0.4, -0.2) is 18.4 Å². The molecule has 2 aromatic rings. The number of rotatable bonds is 6. The van der Waals surface area contributed by atoms with Gasteiger partial charge in [0.15, 0.2) is 0 Å². The molecule has 132 valence electrons. The second-order valence-electron chi connectivity index (χ2n) is 6.90. The first kappa shape index (κ1) is 16.8. The van der Waals surface area contributed by atoms with Crippen LogP contribution >= 0.6 is 0 Å². The molecule has 0 aromatic heterocycles. The van der Waals surface area contributed by atoms with E-state index in [1.807, 2.05) is 6.07 Å². The first-order chi connectivity index (χ1) is 12.9. The quantitative estimate of drug-likeness (QED) is 0.831. The normalized spacial score (nSPS) is 24.3. The maximum Gasteiger partial charge on any atom is 0.111 e. The number of allylic oxidation sites excluding steroid dienone is 3. The van der Waals surface area contributed by atoms with Crippen molar-refractivity contribution in [2.75, 3.05) is 6.54 Å². The van der Waals surface area contributed by atoms with Gasteiger partial charge in [-0.25, -0.2) is 0 Å². The molecule has 0 saturated carbocycles. The number of nitrogens with one attached hydrogen (secondary N) is 2. The van der Waals surface area contributed by atoms with Crippen LogP contribution in [0.2, 0.25) is 0 Å². The standard InChI is InChI=1S/C23H25N3/c1-4-10-18(11-5-1)16-24-17-21-25-22(19-12-6-2-7-13-19)23(26-21)20-14-8-3-9-15-20/h1-14,20,22-24H,15-17H2,(H,25,26)/t20?,22-,23+/m1/s1. The van der Waals surface area contributed by atoms with Crippen molar-refractivity contribution in [2.45, 2.75) is 25.0 Å². The molecule has 3 nitrogen and oxygen atoms in total. The Morgan fingerprint density at radius 3 is 2.42 bits per heavy atom. The van der Waals surface area contributed by atoms with Crippen molar-refractivity contribution in [2.24, 2.45) is 10.9 Å². The zero-order valence-electron chi connectivity index (χ0n) is 14.9. The zero-order chi connectivity index (χ0) is 17.6. The average molecular weight is 343 g/mol. The summed E-state index contributed by atoms with van der Waals surface area (Å²) in [6, 6.07) is 21.6. The Kier molecular flexibility index (Phi) is 5.27. The van der Waals surface area contributed by atoms with Gasteiger partial charge in [0, 0.05) is 12.5 Å². The van der Waals surface area contributed by atoms with Gasteiger partial charge in [0.1, 0.15) is 5.84 Å². The summed E-state index contributed by atoms with van der Waals surface area (Å²) in [5.41, 5.74) is 2.58. The van der Waals surface area contributed by atoms with Crippen molar-refractivity contribution in [3.63, 3.8) is 0 Å². The van der Waals surface area contributed by atoms with Crippen molar-refractivity contribution in [3.05, 3.63) is 96.1 Å². The van der Waals surface area contributed by atoms with E-state index in [-0.39, 0.29) is 6.04 Å².